The fourth-order valence-corrected chi connectivity index (χ4v) is 2.72. The number of nitrogens with zero attached hydrogens (tertiary/aromatic N) is 1. The number of aromatic amines is 1. The maximum Gasteiger partial charge on any atom is 0.251 e. The van der Waals surface area contributed by atoms with E-state index in [1.165, 1.54) is 24.9 Å². The van der Waals surface area contributed by atoms with Crippen LogP contribution in [0, 0.1) is 0 Å². The van der Waals surface area contributed by atoms with Crippen molar-refractivity contribution in [3.8, 4) is 11.5 Å². The number of rotatable bonds is 7. The molecule has 7 nitrogen and oxygen atoms in total. The monoisotopic (exact) mass is 363 g/mol. The molecule has 0 radical (unpaired) electrons. The number of thioether (sulfide) groups is 1. The molecule has 1 aromatic heterocycles. The van der Waals surface area contributed by atoms with E-state index < -0.39 is 0 Å². The average Bonchev–Trinajstić information content (AvgIpc) is 2.59. The Kier molecular flexibility index (Phi) is 6.46. The lowest BCUT2D eigenvalue weighted by Gasteiger charge is -2.11. The number of hydrogen-bond acceptors (Lipinski definition) is 6. The number of H-pyrrole nitrogens is 1. The van der Waals surface area contributed by atoms with E-state index in [0.29, 0.717) is 28.0 Å². The second-order valence-electron chi connectivity index (χ2n) is 5.53. The molecule has 1 amide bonds. The minimum absolute atomic E-state index is 0.111. The molecule has 0 aliphatic heterocycles. The molecule has 0 atom stereocenters. The molecule has 0 aliphatic rings. The van der Waals surface area contributed by atoms with Crippen molar-refractivity contribution < 1.29 is 14.3 Å². The molecule has 0 spiro atoms. The van der Waals surface area contributed by atoms with Gasteiger partial charge in [-0.3, -0.25) is 9.59 Å². The van der Waals surface area contributed by atoms with Gasteiger partial charge in [0.25, 0.3) is 5.56 Å². The standard InChI is InChI=1S/C17H21N3O4S/c1-10(2)13-8-15(21)20-17(19-13)25-9-16(22)18-12-6-5-11(23-3)7-14(12)24-4/h5-8,10H,9H2,1-4H3,(H,18,22)(H,19,20,21). The summed E-state index contributed by atoms with van der Waals surface area (Å²) in [7, 11) is 3.08. The Morgan fingerprint density at radius 2 is 2.04 bits per heavy atom. The zero-order valence-electron chi connectivity index (χ0n) is 14.6. The van der Waals surface area contributed by atoms with E-state index in [-0.39, 0.29) is 23.1 Å². The zero-order valence-corrected chi connectivity index (χ0v) is 15.4. The molecule has 0 saturated heterocycles. The molecule has 0 unspecified atom stereocenters. The third-order valence-corrected chi connectivity index (χ3v) is 4.23. The van der Waals surface area contributed by atoms with Crippen molar-refractivity contribution >= 4 is 23.4 Å². The first kappa shape index (κ1) is 18.9. The van der Waals surface area contributed by atoms with Crippen molar-refractivity contribution in [1.29, 1.82) is 0 Å². The van der Waals surface area contributed by atoms with Gasteiger partial charge in [0.15, 0.2) is 5.16 Å². The fraction of sp³-hybridized carbons (Fsp3) is 0.353. The summed E-state index contributed by atoms with van der Waals surface area (Å²) in [4.78, 5) is 30.8. The zero-order chi connectivity index (χ0) is 18.4. The second kappa shape index (κ2) is 8.57. The predicted octanol–water partition coefficient (Wildman–Crippen LogP) is 2.64. The van der Waals surface area contributed by atoms with E-state index in [4.69, 9.17) is 9.47 Å². The van der Waals surface area contributed by atoms with Crippen LogP contribution in [0.3, 0.4) is 0 Å². The first-order chi connectivity index (χ1) is 11.9. The second-order valence-corrected chi connectivity index (χ2v) is 6.50. The van der Waals surface area contributed by atoms with Crippen molar-refractivity contribution in [3.05, 3.63) is 40.3 Å². The lowest BCUT2D eigenvalue weighted by molar-refractivity contribution is -0.113. The van der Waals surface area contributed by atoms with Crippen molar-refractivity contribution in [1.82, 2.24) is 9.97 Å². The van der Waals surface area contributed by atoms with Gasteiger partial charge in [-0.1, -0.05) is 25.6 Å². The van der Waals surface area contributed by atoms with Crippen molar-refractivity contribution in [3.63, 3.8) is 0 Å². The van der Waals surface area contributed by atoms with E-state index >= 15 is 0 Å². The molecule has 1 heterocycles. The van der Waals surface area contributed by atoms with Gasteiger partial charge < -0.3 is 19.8 Å². The Morgan fingerprint density at radius 3 is 2.68 bits per heavy atom. The van der Waals surface area contributed by atoms with Crippen LogP contribution in [0.2, 0.25) is 0 Å². The molecule has 25 heavy (non-hydrogen) atoms. The van der Waals surface area contributed by atoms with Gasteiger partial charge in [-0.15, -0.1) is 0 Å². The lowest BCUT2D eigenvalue weighted by atomic mass is 10.1. The van der Waals surface area contributed by atoms with Gasteiger partial charge in [-0.05, 0) is 18.1 Å². The van der Waals surface area contributed by atoms with Crippen LogP contribution in [0.5, 0.6) is 11.5 Å². The number of carbonyl (C=O) groups is 1. The molecule has 0 bridgehead atoms. The molecule has 0 saturated carbocycles. The number of hydrogen-bond donors (Lipinski definition) is 2. The van der Waals surface area contributed by atoms with Crippen LogP contribution in [0.1, 0.15) is 25.5 Å². The molecule has 8 heteroatoms. The average molecular weight is 363 g/mol. The van der Waals surface area contributed by atoms with Crippen molar-refractivity contribution in [2.75, 3.05) is 25.3 Å². The number of amides is 1. The summed E-state index contributed by atoms with van der Waals surface area (Å²) < 4.78 is 10.4. The summed E-state index contributed by atoms with van der Waals surface area (Å²) in [6.07, 6.45) is 0. The lowest BCUT2D eigenvalue weighted by Crippen LogP contribution is -2.16. The Bertz CT molecular complexity index is 805. The van der Waals surface area contributed by atoms with Gasteiger partial charge >= 0.3 is 0 Å². The molecule has 2 rings (SSSR count). The smallest absolute Gasteiger partial charge is 0.251 e. The highest BCUT2D eigenvalue weighted by Crippen LogP contribution is 2.29. The van der Waals surface area contributed by atoms with Crippen LogP contribution in [0.4, 0.5) is 5.69 Å². The van der Waals surface area contributed by atoms with Crippen LogP contribution in [-0.2, 0) is 4.79 Å². The quantitative estimate of drug-likeness (QED) is 0.580. The summed E-state index contributed by atoms with van der Waals surface area (Å²) in [5.74, 6) is 1.16. The van der Waals surface area contributed by atoms with Crippen LogP contribution in [0.25, 0.3) is 0 Å². The van der Waals surface area contributed by atoms with Gasteiger partial charge in [-0.25, -0.2) is 4.98 Å². The highest BCUT2D eigenvalue weighted by Gasteiger charge is 2.11. The Hall–Kier alpha value is -2.48. The van der Waals surface area contributed by atoms with Crippen molar-refractivity contribution in [2.45, 2.75) is 24.9 Å². The van der Waals surface area contributed by atoms with Gasteiger partial charge in [0, 0.05) is 12.1 Å². The molecule has 1 aromatic carbocycles. The third-order valence-electron chi connectivity index (χ3n) is 3.35. The SMILES string of the molecule is COc1ccc(NC(=O)CSc2nc(C(C)C)cc(=O)[nH]2)c(OC)c1. The number of ether oxygens (including phenoxy) is 2. The maximum absolute atomic E-state index is 12.2. The largest absolute Gasteiger partial charge is 0.497 e. The Morgan fingerprint density at radius 1 is 1.28 bits per heavy atom. The van der Waals surface area contributed by atoms with Gasteiger partial charge in [0.1, 0.15) is 11.5 Å². The highest BCUT2D eigenvalue weighted by molar-refractivity contribution is 7.99. The van der Waals surface area contributed by atoms with E-state index in [0.717, 1.165) is 0 Å². The molecule has 2 N–H and O–H groups in total. The van der Waals surface area contributed by atoms with Crippen LogP contribution in [0.15, 0.2) is 34.2 Å². The molecule has 134 valence electrons. The van der Waals surface area contributed by atoms with E-state index in [2.05, 4.69) is 15.3 Å². The predicted molar refractivity (Wildman–Crippen MR) is 97.8 cm³/mol. The summed E-state index contributed by atoms with van der Waals surface area (Å²) >= 11 is 1.17. The highest BCUT2D eigenvalue weighted by atomic mass is 32.2. The van der Waals surface area contributed by atoms with Gasteiger partial charge in [0.05, 0.1) is 31.4 Å². The fourth-order valence-electron chi connectivity index (χ4n) is 2.04. The summed E-state index contributed by atoms with van der Waals surface area (Å²) in [6.45, 7) is 3.91. The van der Waals surface area contributed by atoms with Gasteiger partial charge in [0.2, 0.25) is 5.91 Å². The number of aromatic nitrogens is 2. The maximum atomic E-state index is 12.2. The van der Waals surface area contributed by atoms with Crippen LogP contribution in [-0.4, -0.2) is 35.8 Å². The normalized spacial score (nSPS) is 10.6. The molecule has 2 aromatic rings. The third kappa shape index (κ3) is 5.25. The van der Waals surface area contributed by atoms with E-state index in [1.54, 1.807) is 25.3 Å². The number of methoxy groups -OCH3 is 2. The molecular formula is C17H21N3O4S. The first-order valence-corrected chi connectivity index (χ1v) is 8.67. The minimum Gasteiger partial charge on any atom is -0.497 e. The number of nitrogens with one attached hydrogen (secondary N) is 2. The van der Waals surface area contributed by atoms with E-state index in [1.807, 2.05) is 13.8 Å². The summed E-state index contributed by atoms with van der Waals surface area (Å²) in [5, 5.41) is 3.20. The Labute approximate surface area is 150 Å². The Balaban J connectivity index is 2.03. The number of benzene rings is 1. The van der Waals surface area contributed by atoms with Crippen LogP contribution < -0.4 is 20.3 Å². The number of carbonyl (C=O) groups excluding carboxylic acids is 1. The minimum atomic E-state index is -0.230. The molecule has 0 fully saturated rings. The molecule has 0 aliphatic carbocycles. The van der Waals surface area contributed by atoms with Crippen LogP contribution >= 0.6 is 11.8 Å². The summed E-state index contributed by atoms with van der Waals surface area (Å²) in [6, 6.07) is 6.60. The summed E-state index contributed by atoms with van der Waals surface area (Å²) in [5.41, 5.74) is 1.02. The molecular weight excluding hydrogens is 342 g/mol. The van der Waals surface area contributed by atoms with Crippen molar-refractivity contribution in [2.24, 2.45) is 0 Å². The first-order valence-electron chi connectivity index (χ1n) is 7.69. The number of anilines is 1. The van der Waals surface area contributed by atoms with Gasteiger partial charge in [-0.2, -0.15) is 0 Å². The van der Waals surface area contributed by atoms with E-state index in [9.17, 15) is 9.59 Å². The topological polar surface area (TPSA) is 93.3 Å².